The van der Waals surface area contributed by atoms with E-state index in [1.165, 1.54) is 7.05 Å². The molecule has 1 aliphatic rings. The smallest absolute Gasteiger partial charge is 0.371 e. The molecular weight excluding hydrogens is 243 g/mol. The van der Waals surface area contributed by atoms with E-state index in [1.54, 1.807) is 0 Å². The van der Waals surface area contributed by atoms with Gasteiger partial charge < -0.3 is 14.5 Å². The number of hydrogen-bond donors (Lipinski definition) is 1. The van der Waals surface area contributed by atoms with E-state index in [-0.39, 0.29) is 6.54 Å². The Hall–Kier alpha value is -1.77. The van der Waals surface area contributed by atoms with Gasteiger partial charge >= 0.3 is 12.2 Å². The second-order valence-electron chi connectivity index (χ2n) is 3.56. The lowest BCUT2D eigenvalue weighted by Gasteiger charge is -2.14. The molecule has 9 heteroatoms. The molecule has 2 amide bonds. The minimum atomic E-state index is -4.65. The summed E-state index contributed by atoms with van der Waals surface area (Å²) >= 11 is 0. The van der Waals surface area contributed by atoms with E-state index in [9.17, 15) is 23.1 Å². The fourth-order valence-corrected chi connectivity index (χ4v) is 1.47. The first-order valence-electron chi connectivity index (χ1n) is 4.57. The number of amides is 2. The molecule has 1 N–H and O–H groups in total. The van der Waals surface area contributed by atoms with Crippen molar-refractivity contribution in [1.82, 2.24) is 10.1 Å². The zero-order chi connectivity index (χ0) is 12.8. The Morgan fingerprint density at radius 2 is 2.24 bits per heavy atom. The molecule has 0 aromatic carbocycles. The molecule has 0 bridgehead atoms. The van der Waals surface area contributed by atoms with Crippen molar-refractivity contribution in [3.8, 4) is 0 Å². The predicted molar refractivity (Wildman–Crippen MR) is 48.0 cm³/mol. The Kier molecular flexibility index (Phi) is 2.49. The summed E-state index contributed by atoms with van der Waals surface area (Å²) < 4.78 is 41.2. The molecule has 1 saturated heterocycles. The molecule has 1 aromatic rings. The molecule has 17 heavy (non-hydrogen) atoms. The average Bonchev–Trinajstić information content (AvgIpc) is 2.73. The van der Waals surface area contributed by atoms with Crippen molar-refractivity contribution in [2.75, 3.05) is 18.5 Å². The fraction of sp³-hybridized carbons (Fsp3) is 0.500. The first-order valence-corrected chi connectivity index (χ1v) is 4.57. The molecule has 1 aliphatic heterocycles. The first kappa shape index (κ1) is 11.7. The van der Waals surface area contributed by atoms with Crippen molar-refractivity contribution in [1.29, 1.82) is 0 Å². The van der Waals surface area contributed by atoms with Gasteiger partial charge in [-0.25, -0.2) is 9.69 Å². The van der Waals surface area contributed by atoms with Crippen LogP contribution in [0, 0.1) is 0 Å². The maximum Gasteiger partial charge on any atom is 0.436 e. The van der Waals surface area contributed by atoms with Crippen LogP contribution in [0.4, 0.5) is 23.8 Å². The summed E-state index contributed by atoms with van der Waals surface area (Å²) in [4.78, 5) is 13.4. The zero-order valence-corrected chi connectivity index (χ0v) is 8.60. The van der Waals surface area contributed by atoms with Crippen LogP contribution >= 0.6 is 0 Å². The zero-order valence-electron chi connectivity index (χ0n) is 8.60. The van der Waals surface area contributed by atoms with E-state index < -0.39 is 30.0 Å². The van der Waals surface area contributed by atoms with Crippen LogP contribution in [-0.2, 0) is 6.18 Å². The number of aliphatic hydroxyl groups excluding tert-OH is 1. The third-order valence-corrected chi connectivity index (χ3v) is 2.29. The number of carbonyl (C=O) groups excluding carboxylic acids is 1. The highest BCUT2D eigenvalue weighted by Gasteiger charge is 2.40. The van der Waals surface area contributed by atoms with Crippen LogP contribution in [0.2, 0.25) is 0 Å². The summed E-state index contributed by atoms with van der Waals surface area (Å²) in [6.45, 7) is -0.0130. The fourth-order valence-electron chi connectivity index (χ4n) is 1.47. The van der Waals surface area contributed by atoms with Gasteiger partial charge in [0.05, 0.1) is 6.54 Å². The SMILES string of the molecule is CN1CC(O)N(c2cc(C(F)(F)F)no2)C1=O. The van der Waals surface area contributed by atoms with Crippen LogP contribution in [0.25, 0.3) is 0 Å². The summed E-state index contributed by atoms with van der Waals surface area (Å²) in [6, 6.07) is -0.0809. The van der Waals surface area contributed by atoms with Crippen LogP contribution < -0.4 is 4.90 Å². The largest absolute Gasteiger partial charge is 0.436 e. The highest BCUT2D eigenvalue weighted by atomic mass is 19.4. The maximum absolute atomic E-state index is 12.3. The molecule has 2 rings (SSSR count). The summed E-state index contributed by atoms with van der Waals surface area (Å²) in [5.74, 6) is -0.431. The lowest BCUT2D eigenvalue weighted by molar-refractivity contribution is -0.142. The normalized spacial score (nSPS) is 21.5. The van der Waals surface area contributed by atoms with E-state index in [4.69, 9.17) is 0 Å². The minimum absolute atomic E-state index is 0.0130. The van der Waals surface area contributed by atoms with Crippen molar-refractivity contribution in [2.24, 2.45) is 0 Å². The first-order chi connectivity index (χ1) is 7.80. The van der Waals surface area contributed by atoms with Gasteiger partial charge in [0.2, 0.25) is 5.88 Å². The molecule has 1 unspecified atom stereocenters. The molecule has 1 atom stereocenters. The van der Waals surface area contributed by atoms with Crippen molar-refractivity contribution in [3.63, 3.8) is 0 Å². The minimum Gasteiger partial charge on any atom is -0.371 e. The number of rotatable bonds is 1. The molecule has 0 radical (unpaired) electrons. The molecule has 0 saturated carbocycles. The molecule has 94 valence electrons. The van der Waals surface area contributed by atoms with Gasteiger partial charge in [-0.3, -0.25) is 0 Å². The third kappa shape index (κ3) is 1.93. The van der Waals surface area contributed by atoms with Gasteiger partial charge in [-0.2, -0.15) is 13.2 Å². The molecule has 6 nitrogen and oxygen atoms in total. The molecule has 2 heterocycles. The number of aliphatic hydroxyl groups is 1. The quantitative estimate of drug-likeness (QED) is 0.804. The van der Waals surface area contributed by atoms with Crippen LogP contribution in [-0.4, -0.2) is 41.0 Å². The number of hydrogen-bond acceptors (Lipinski definition) is 4. The van der Waals surface area contributed by atoms with Gasteiger partial charge in [-0.1, -0.05) is 5.16 Å². The summed E-state index contributed by atoms with van der Waals surface area (Å²) in [5, 5.41) is 12.3. The molecule has 1 aromatic heterocycles. The summed E-state index contributed by atoms with van der Waals surface area (Å²) in [6.07, 6.45) is -5.90. The number of β-amino-alcohol motifs (C(OH)–C–C–N with tert-alkyl or cyclic N) is 1. The Morgan fingerprint density at radius 3 is 2.65 bits per heavy atom. The molecular formula is C8H8F3N3O3. The van der Waals surface area contributed by atoms with Crippen molar-refractivity contribution >= 4 is 11.9 Å². The second kappa shape index (κ2) is 3.62. The number of halogens is 3. The van der Waals surface area contributed by atoms with Crippen molar-refractivity contribution in [3.05, 3.63) is 11.8 Å². The van der Waals surface area contributed by atoms with Crippen molar-refractivity contribution < 1.29 is 27.6 Å². The number of anilines is 1. The van der Waals surface area contributed by atoms with Crippen LogP contribution in [0.1, 0.15) is 5.69 Å². The van der Waals surface area contributed by atoms with Crippen LogP contribution in [0.3, 0.4) is 0 Å². The average molecular weight is 251 g/mol. The molecule has 0 spiro atoms. The maximum atomic E-state index is 12.3. The van der Waals surface area contributed by atoms with E-state index in [0.717, 1.165) is 4.90 Å². The number of likely N-dealkylation sites (N-methyl/N-ethyl adjacent to an activating group) is 1. The van der Waals surface area contributed by atoms with E-state index in [2.05, 4.69) is 9.68 Å². The lowest BCUT2D eigenvalue weighted by Crippen LogP contribution is -2.33. The van der Waals surface area contributed by atoms with Crippen molar-refractivity contribution in [2.45, 2.75) is 12.4 Å². The number of nitrogens with zero attached hydrogens (tertiary/aromatic N) is 3. The second-order valence-corrected chi connectivity index (χ2v) is 3.56. The Labute approximate surface area is 93.2 Å². The van der Waals surface area contributed by atoms with Gasteiger partial charge in [0.15, 0.2) is 11.9 Å². The van der Waals surface area contributed by atoms with E-state index in [0.29, 0.717) is 11.0 Å². The van der Waals surface area contributed by atoms with Gasteiger partial charge in [0.1, 0.15) is 0 Å². The Balaban J connectivity index is 2.29. The van der Waals surface area contributed by atoms with Crippen LogP contribution in [0.15, 0.2) is 10.6 Å². The van der Waals surface area contributed by atoms with Gasteiger partial charge in [-0.15, -0.1) is 0 Å². The highest BCUT2D eigenvalue weighted by molar-refractivity contribution is 5.93. The Bertz CT molecular complexity index is 445. The molecule has 0 aliphatic carbocycles. The van der Waals surface area contributed by atoms with Gasteiger partial charge in [0.25, 0.3) is 0 Å². The Morgan fingerprint density at radius 1 is 1.59 bits per heavy atom. The summed E-state index contributed by atoms with van der Waals surface area (Å²) in [5.41, 5.74) is -1.25. The number of urea groups is 1. The standard InChI is InChI=1S/C8H8F3N3O3/c1-13-3-5(15)14(7(13)16)6-2-4(12-17-6)8(9,10)11/h2,5,15H,3H2,1H3. The number of alkyl halides is 3. The summed E-state index contributed by atoms with van der Waals surface area (Å²) in [7, 11) is 1.41. The predicted octanol–water partition coefficient (Wildman–Crippen LogP) is 0.884. The number of carbonyl (C=O) groups is 1. The molecule has 1 fully saturated rings. The lowest BCUT2D eigenvalue weighted by atomic mass is 10.4. The van der Waals surface area contributed by atoms with Gasteiger partial charge in [0, 0.05) is 13.1 Å². The van der Waals surface area contributed by atoms with Gasteiger partial charge in [-0.05, 0) is 0 Å². The third-order valence-electron chi connectivity index (χ3n) is 2.29. The highest BCUT2D eigenvalue weighted by Crippen LogP contribution is 2.32. The van der Waals surface area contributed by atoms with Crippen LogP contribution in [0.5, 0.6) is 0 Å². The number of aromatic nitrogens is 1. The van der Waals surface area contributed by atoms with E-state index in [1.807, 2.05) is 0 Å². The topological polar surface area (TPSA) is 69.8 Å². The van der Waals surface area contributed by atoms with E-state index >= 15 is 0 Å². The monoisotopic (exact) mass is 251 g/mol.